The van der Waals surface area contributed by atoms with Crippen LogP contribution in [-0.4, -0.2) is 16.1 Å². The van der Waals surface area contributed by atoms with Crippen LogP contribution in [0.5, 0.6) is 11.6 Å². The van der Waals surface area contributed by atoms with E-state index in [0.717, 1.165) is 0 Å². The lowest BCUT2D eigenvalue weighted by atomic mass is 10.0. The van der Waals surface area contributed by atoms with Gasteiger partial charge in [-0.25, -0.2) is 9.49 Å². The monoisotopic (exact) mass is 373 g/mol. The number of carbonyl (C=O) groups is 1. The van der Waals surface area contributed by atoms with Gasteiger partial charge in [-0.2, -0.15) is 0 Å². The Morgan fingerprint density at radius 1 is 1.29 bits per heavy atom. The molecule has 0 atom stereocenters. The van der Waals surface area contributed by atoms with E-state index in [2.05, 4.69) is 15.5 Å². The van der Waals surface area contributed by atoms with E-state index in [-0.39, 0.29) is 33.1 Å². The minimum atomic E-state index is -1.88. The van der Waals surface area contributed by atoms with Crippen molar-refractivity contribution in [3.63, 3.8) is 0 Å². The third-order valence-corrected chi connectivity index (χ3v) is 3.51. The number of aromatic amines is 1. The van der Waals surface area contributed by atoms with Gasteiger partial charge in [-0.1, -0.05) is 23.2 Å². The summed E-state index contributed by atoms with van der Waals surface area (Å²) in [7, 11) is 0. The fourth-order valence-electron chi connectivity index (χ4n) is 1.92. The molecule has 6 nitrogen and oxygen atoms in total. The lowest BCUT2D eigenvalue weighted by Gasteiger charge is -2.15. The van der Waals surface area contributed by atoms with Gasteiger partial charge in [0, 0.05) is 18.7 Å². The third kappa shape index (κ3) is 4.24. The maximum absolute atomic E-state index is 14.0. The average Bonchev–Trinajstić information content (AvgIpc) is 2.42. The Morgan fingerprint density at radius 3 is 2.38 bits per heavy atom. The van der Waals surface area contributed by atoms with Crippen LogP contribution in [0.15, 0.2) is 23.0 Å². The summed E-state index contributed by atoms with van der Waals surface area (Å²) in [4.78, 5) is 22.7. The van der Waals surface area contributed by atoms with Gasteiger partial charge >= 0.3 is 0 Å². The van der Waals surface area contributed by atoms with Crippen molar-refractivity contribution in [3.05, 3.63) is 44.2 Å². The largest absolute Gasteiger partial charge is 0.434 e. The van der Waals surface area contributed by atoms with E-state index in [4.69, 9.17) is 27.9 Å². The number of amides is 1. The molecule has 0 unspecified atom stereocenters. The number of ether oxygens (including phenoxy) is 1. The molecule has 2 rings (SSSR count). The molecule has 2 N–H and O–H groups in total. The highest BCUT2D eigenvalue weighted by atomic mass is 35.5. The molecule has 0 spiro atoms. The average molecular weight is 374 g/mol. The van der Waals surface area contributed by atoms with Crippen molar-refractivity contribution < 1.29 is 13.9 Å². The lowest BCUT2D eigenvalue weighted by Crippen LogP contribution is -2.24. The molecular weight excluding hydrogens is 360 g/mol. The summed E-state index contributed by atoms with van der Waals surface area (Å²) in [6, 6.07) is 4.05. The molecule has 0 saturated carbocycles. The second-order valence-electron chi connectivity index (χ2n) is 5.47. The van der Waals surface area contributed by atoms with Gasteiger partial charge in [0.15, 0.2) is 5.75 Å². The normalized spacial score (nSPS) is 11.2. The Bertz CT molecular complexity index is 824. The Morgan fingerprint density at radius 2 is 1.88 bits per heavy atom. The van der Waals surface area contributed by atoms with Crippen LogP contribution in [0.25, 0.3) is 0 Å². The van der Waals surface area contributed by atoms with E-state index in [1.54, 1.807) is 0 Å². The Kier molecular flexibility index (Phi) is 5.15. The van der Waals surface area contributed by atoms with Crippen LogP contribution in [0.1, 0.15) is 26.3 Å². The second-order valence-corrected chi connectivity index (χ2v) is 6.29. The Labute approximate surface area is 146 Å². The van der Waals surface area contributed by atoms with Crippen LogP contribution in [-0.2, 0) is 10.5 Å². The number of H-pyrrole nitrogens is 1. The molecule has 24 heavy (non-hydrogen) atoms. The van der Waals surface area contributed by atoms with Crippen LogP contribution in [0.3, 0.4) is 0 Å². The summed E-state index contributed by atoms with van der Waals surface area (Å²) in [5.41, 5.74) is -2.29. The fourth-order valence-corrected chi connectivity index (χ4v) is 2.48. The van der Waals surface area contributed by atoms with Crippen LogP contribution in [0.4, 0.5) is 10.1 Å². The molecule has 0 aliphatic heterocycles. The zero-order valence-corrected chi connectivity index (χ0v) is 14.5. The molecule has 9 heteroatoms. The van der Waals surface area contributed by atoms with Gasteiger partial charge in [-0.05, 0) is 26.0 Å². The lowest BCUT2D eigenvalue weighted by molar-refractivity contribution is -0.114. The summed E-state index contributed by atoms with van der Waals surface area (Å²) in [5, 5.41) is 8.61. The highest BCUT2D eigenvalue weighted by molar-refractivity contribution is 6.37. The highest BCUT2D eigenvalue weighted by Gasteiger charge is 2.24. The maximum atomic E-state index is 14.0. The molecule has 0 bridgehead atoms. The number of rotatable bonds is 4. The topological polar surface area (TPSA) is 84.1 Å². The van der Waals surface area contributed by atoms with Crippen molar-refractivity contribution in [2.45, 2.75) is 26.4 Å². The molecule has 0 radical (unpaired) electrons. The van der Waals surface area contributed by atoms with E-state index >= 15 is 0 Å². The third-order valence-electron chi connectivity index (χ3n) is 2.95. The van der Waals surface area contributed by atoms with Crippen molar-refractivity contribution in [1.82, 2.24) is 10.2 Å². The molecule has 128 valence electrons. The summed E-state index contributed by atoms with van der Waals surface area (Å²) in [6.45, 7) is 3.82. The van der Waals surface area contributed by atoms with Gasteiger partial charge in [0.1, 0.15) is 5.67 Å². The van der Waals surface area contributed by atoms with Crippen molar-refractivity contribution >= 4 is 34.8 Å². The molecule has 0 aliphatic rings. The summed E-state index contributed by atoms with van der Waals surface area (Å²) >= 11 is 12.2. The first-order valence-corrected chi connectivity index (χ1v) is 7.57. The van der Waals surface area contributed by atoms with Crippen molar-refractivity contribution in [2.24, 2.45) is 0 Å². The number of hydrogen-bond donors (Lipinski definition) is 2. The smallest absolute Gasteiger partial charge is 0.270 e. The number of aromatic nitrogens is 2. The summed E-state index contributed by atoms with van der Waals surface area (Å²) in [6.07, 6.45) is 0. The van der Waals surface area contributed by atoms with Gasteiger partial charge in [-0.3, -0.25) is 9.59 Å². The number of anilines is 1. The van der Waals surface area contributed by atoms with Gasteiger partial charge in [0.2, 0.25) is 11.8 Å². The van der Waals surface area contributed by atoms with Gasteiger partial charge in [-0.15, -0.1) is 5.10 Å². The molecule has 0 saturated heterocycles. The number of carbonyl (C=O) groups excluding carboxylic acids is 1. The standard InChI is InChI=1S/C15H14Cl2FN3O3/c1-7(22)19-8-4-10(16)13(11(17)5-8)24-12-6-9(15(2,3)18)14(23)21-20-12/h4-6H,1-3H3,(H,19,22)(H,21,23). The molecule has 0 aliphatic carbocycles. The van der Waals surface area contributed by atoms with Gasteiger partial charge in [0.05, 0.1) is 15.6 Å². The van der Waals surface area contributed by atoms with Gasteiger partial charge in [0.25, 0.3) is 5.56 Å². The van der Waals surface area contributed by atoms with Crippen LogP contribution >= 0.6 is 23.2 Å². The number of halogens is 3. The molecule has 1 aromatic heterocycles. The minimum absolute atomic E-state index is 0.0644. The first kappa shape index (κ1) is 18.2. The zero-order valence-electron chi connectivity index (χ0n) is 13.0. The highest BCUT2D eigenvalue weighted by Crippen LogP contribution is 2.38. The predicted molar refractivity (Wildman–Crippen MR) is 89.8 cm³/mol. The number of alkyl halides is 1. The van der Waals surface area contributed by atoms with Crippen molar-refractivity contribution in [3.8, 4) is 11.6 Å². The van der Waals surface area contributed by atoms with Gasteiger partial charge < -0.3 is 10.1 Å². The maximum Gasteiger partial charge on any atom is 0.270 e. The first-order valence-electron chi connectivity index (χ1n) is 6.81. The predicted octanol–water partition coefficient (Wildman–Crippen LogP) is 4.03. The molecule has 1 amide bonds. The van der Waals surface area contributed by atoms with E-state index in [1.165, 1.54) is 39.0 Å². The van der Waals surface area contributed by atoms with Crippen LogP contribution in [0, 0.1) is 0 Å². The van der Waals surface area contributed by atoms with E-state index in [0.29, 0.717) is 5.69 Å². The Hall–Kier alpha value is -2.12. The van der Waals surface area contributed by atoms with Crippen molar-refractivity contribution in [2.75, 3.05) is 5.32 Å². The molecular formula is C15H14Cl2FN3O3. The quantitative estimate of drug-likeness (QED) is 0.846. The van der Waals surface area contributed by atoms with E-state index < -0.39 is 11.2 Å². The Balaban J connectivity index is 2.38. The van der Waals surface area contributed by atoms with Crippen molar-refractivity contribution in [1.29, 1.82) is 0 Å². The zero-order chi connectivity index (χ0) is 18.1. The van der Waals surface area contributed by atoms with Crippen LogP contribution < -0.4 is 15.6 Å². The number of nitrogens with one attached hydrogen (secondary N) is 2. The number of nitrogens with zero attached hydrogens (tertiary/aromatic N) is 1. The van der Waals surface area contributed by atoms with E-state index in [9.17, 15) is 14.0 Å². The number of benzene rings is 1. The fraction of sp³-hybridized carbons (Fsp3) is 0.267. The minimum Gasteiger partial charge on any atom is -0.434 e. The summed E-state index contributed by atoms with van der Waals surface area (Å²) in [5.74, 6) is -0.297. The molecule has 1 aromatic carbocycles. The SMILES string of the molecule is CC(=O)Nc1cc(Cl)c(Oc2cc(C(C)(C)F)c(=O)[nH]n2)c(Cl)c1. The second kappa shape index (κ2) is 6.78. The number of hydrogen-bond acceptors (Lipinski definition) is 4. The molecule has 0 fully saturated rings. The summed E-state index contributed by atoms with van der Waals surface area (Å²) < 4.78 is 19.5. The first-order chi connectivity index (χ1) is 11.1. The molecule has 2 aromatic rings. The van der Waals surface area contributed by atoms with Crippen LogP contribution in [0.2, 0.25) is 10.0 Å². The molecule has 1 heterocycles. The van der Waals surface area contributed by atoms with E-state index in [1.807, 2.05) is 0 Å².